The van der Waals surface area contributed by atoms with Gasteiger partial charge in [0.1, 0.15) is 11.5 Å². The molecule has 208 valence electrons. The van der Waals surface area contributed by atoms with Crippen LogP contribution in [0.5, 0.6) is 0 Å². The van der Waals surface area contributed by atoms with E-state index in [1.54, 1.807) is 15.6 Å². The number of nitrogens with two attached hydrogens (primary N) is 1. The number of halogens is 3. The van der Waals surface area contributed by atoms with E-state index in [-0.39, 0.29) is 33.9 Å². The van der Waals surface area contributed by atoms with Gasteiger partial charge in [0.05, 0.1) is 28.6 Å². The number of tetrazole rings is 1. The number of para-hydroxylation sites is 1. The molecule has 1 aliphatic heterocycles. The maximum absolute atomic E-state index is 14.3. The van der Waals surface area contributed by atoms with E-state index in [1.165, 1.54) is 10.9 Å². The van der Waals surface area contributed by atoms with Crippen molar-refractivity contribution in [2.45, 2.75) is 6.54 Å². The van der Waals surface area contributed by atoms with Crippen molar-refractivity contribution in [1.29, 1.82) is 0 Å². The maximum atomic E-state index is 14.3. The van der Waals surface area contributed by atoms with Crippen molar-refractivity contribution in [1.82, 2.24) is 40.1 Å². The summed E-state index contributed by atoms with van der Waals surface area (Å²) < 4.78 is 31.3. The fraction of sp³-hybridized carbons (Fsp3) is 0.185. The molecule has 0 atom stereocenters. The average molecular weight is 621 g/mol. The number of rotatable bonds is 6. The zero-order valence-electron chi connectivity index (χ0n) is 21.5. The smallest absolute Gasteiger partial charge is 0.254 e. The molecule has 1 amide bonds. The number of nitrogens with zero attached hydrogens (tertiary/aromatic N) is 9. The molecule has 1 fully saturated rings. The number of amides is 1. The second-order valence-electron chi connectivity index (χ2n) is 9.41. The number of anilines is 2. The molecular weight excluding hydrogens is 598 g/mol. The van der Waals surface area contributed by atoms with E-state index >= 15 is 0 Å². The van der Waals surface area contributed by atoms with Crippen LogP contribution in [0.1, 0.15) is 15.9 Å². The lowest BCUT2D eigenvalue weighted by molar-refractivity contribution is 0.0745. The maximum Gasteiger partial charge on any atom is 0.254 e. The van der Waals surface area contributed by atoms with Gasteiger partial charge in [-0.2, -0.15) is 4.68 Å². The van der Waals surface area contributed by atoms with Crippen LogP contribution in [-0.2, 0) is 6.54 Å². The molecule has 14 heteroatoms. The third kappa shape index (κ3) is 5.13. The first-order valence-corrected chi connectivity index (χ1v) is 13.5. The molecule has 0 bridgehead atoms. The second kappa shape index (κ2) is 11.0. The van der Waals surface area contributed by atoms with Gasteiger partial charge in [-0.25, -0.2) is 13.5 Å². The molecule has 0 unspecified atom stereocenters. The molecule has 0 aliphatic carbocycles. The summed E-state index contributed by atoms with van der Waals surface area (Å²) >= 11 is 2.85. The van der Waals surface area contributed by atoms with Gasteiger partial charge >= 0.3 is 0 Å². The van der Waals surface area contributed by atoms with Crippen LogP contribution in [0.3, 0.4) is 0 Å². The van der Waals surface area contributed by atoms with E-state index in [2.05, 4.69) is 46.7 Å². The Kier molecular flexibility index (Phi) is 7.14. The van der Waals surface area contributed by atoms with Crippen molar-refractivity contribution in [3.63, 3.8) is 0 Å². The van der Waals surface area contributed by atoms with Crippen molar-refractivity contribution in [3.8, 4) is 16.9 Å². The number of hydrogen-bond acceptors (Lipinski definition) is 8. The molecule has 11 nitrogen and oxygen atoms in total. The van der Waals surface area contributed by atoms with Gasteiger partial charge < -0.3 is 15.5 Å². The highest BCUT2D eigenvalue weighted by Gasteiger charge is 2.27. The van der Waals surface area contributed by atoms with Crippen molar-refractivity contribution < 1.29 is 13.6 Å². The van der Waals surface area contributed by atoms with Gasteiger partial charge in [0.2, 0.25) is 5.95 Å². The van der Waals surface area contributed by atoms with E-state index in [0.717, 1.165) is 17.3 Å². The molecule has 1 saturated heterocycles. The summed E-state index contributed by atoms with van der Waals surface area (Å²) in [4.78, 5) is 17.4. The summed E-state index contributed by atoms with van der Waals surface area (Å²) in [7, 11) is 0. The van der Waals surface area contributed by atoms with Crippen molar-refractivity contribution in [2.24, 2.45) is 0 Å². The Morgan fingerprint density at radius 3 is 2.46 bits per heavy atom. The highest BCUT2D eigenvalue weighted by molar-refractivity contribution is 9.10. The summed E-state index contributed by atoms with van der Waals surface area (Å²) in [5.41, 5.74) is 8.04. The average Bonchev–Trinajstić information content (AvgIpc) is 3.69. The molecular formula is C27H23BrF2N10O. The summed E-state index contributed by atoms with van der Waals surface area (Å²) in [6, 6.07) is 18.0. The molecule has 1 aliphatic rings. The SMILES string of the molecule is Nc1c(-c2cn(Cc3ccccc3C(=O)N3CCN(c4nnnn4-c4ccccc4)CC3)nn2)cc(F)c(Br)c1F. The van der Waals surface area contributed by atoms with E-state index in [9.17, 15) is 13.6 Å². The third-order valence-electron chi connectivity index (χ3n) is 6.90. The van der Waals surface area contributed by atoms with Gasteiger partial charge in [0.15, 0.2) is 5.82 Å². The number of nitrogen functional groups attached to an aromatic ring is 1. The van der Waals surface area contributed by atoms with Crippen LogP contribution in [0, 0.1) is 11.6 Å². The molecule has 2 N–H and O–H groups in total. The largest absolute Gasteiger partial charge is 0.396 e. The zero-order valence-corrected chi connectivity index (χ0v) is 23.1. The fourth-order valence-electron chi connectivity index (χ4n) is 4.76. The van der Waals surface area contributed by atoms with E-state index < -0.39 is 11.6 Å². The molecule has 3 aromatic carbocycles. The number of carbonyl (C=O) groups is 1. The lowest BCUT2D eigenvalue weighted by Crippen LogP contribution is -2.49. The van der Waals surface area contributed by atoms with Crippen LogP contribution in [0.15, 0.2) is 71.3 Å². The number of carbonyl (C=O) groups excluding carboxylic acids is 1. The molecule has 2 aromatic heterocycles. The Hall–Kier alpha value is -4.72. The predicted octanol–water partition coefficient (Wildman–Crippen LogP) is 3.55. The molecule has 0 radical (unpaired) electrons. The van der Waals surface area contributed by atoms with Gasteiger partial charge in [-0.1, -0.05) is 46.7 Å². The molecule has 0 saturated carbocycles. The summed E-state index contributed by atoms with van der Waals surface area (Å²) in [5.74, 6) is -1.18. The van der Waals surface area contributed by atoms with Gasteiger partial charge in [-0.3, -0.25) is 4.79 Å². The lowest BCUT2D eigenvalue weighted by Gasteiger charge is -2.35. The van der Waals surface area contributed by atoms with E-state index in [0.29, 0.717) is 37.7 Å². The minimum absolute atomic E-state index is 0.0926. The van der Waals surface area contributed by atoms with Crippen molar-refractivity contribution in [3.05, 3.63) is 94.1 Å². The van der Waals surface area contributed by atoms with Crippen LogP contribution in [0.2, 0.25) is 0 Å². The highest BCUT2D eigenvalue weighted by atomic mass is 79.9. The Morgan fingerprint density at radius 1 is 0.951 bits per heavy atom. The van der Waals surface area contributed by atoms with E-state index in [4.69, 9.17) is 5.73 Å². The molecule has 5 aromatic rings. The topological polar surface area (TPSA) is 124 Å². The number of aromatic nitrogens is 7. The van der Waals surface area contributed by atoms with Gasteiger partial charge in [0, 0.05) is 37.3 Å². The van der Waals surface area contributed by atoms with Gasteiger partial charge in [-0.05, 0) is 56.2 Å². The van der Waals surface area contributed by atoms with Crippen LogP contribution in [0.4, 0.5) is 20.4 Å². The molecule has 0 spiro atoms. The molecule has 3 heterocycles. The first-order valence-electron chi connectivity index (χ1n) is 12.7. The first-order chi connectivity index (χ1) is 19.9. The van der Waals surface area contributed by atoms with Gasteiger partial charge in [-0.15, -0.1) is 5.10 Å². The molecule has 6 rings (SSSR count). The summed E-state index contributed by atoms with van der Waals surface area (Å²) in [6.07, 6.45) is 1.54. The van der Waals surface area contributed by atoms with Crippen molar-refractivity contribution >= 4 is 33.5 Å². The quantitative estimate of drug-likeness (QED) is 0.226. The van der Waals surface area contributed by atoms with Crippen LogP contribution in [-0.4, -0.2) is 72.2 Å². The Labute approximate surface area is 241 Å². The van der Waals surface area contributed by atoms with Crippen molar-refractivity contribution in [2.75, 3.05) is 36.8 Å². The normalized spacial score (nSPS) is 13.5. The number of benzene rings is 3. The monoisotopic (exact) mass is 620 g/mol. The minimum atomic E-state index is -0.901. The standard InChI is InChI=1S/C27H23BrF2N10O/c28-23-21(29)14-20(25(31)24(23)30)22-16-39(35-32-22)15-17-6-4-5-9-19(17)26(41)37-10-12-38(13-11-37)27-33-34-36-40(27)18-7-2-1-3-8-18/h1-9,14,16H,10-13,15,31H2. The van der Waals surface area contributed by atoms with Crippen LogP contribution < -0.4 is 10.6 Å². The molecule has 41 heavy (non-hydrogen) atoms. The Morgan fingerprint density at radius 2 is 1.68 bits per heavy atom. The number of piperazine rings is 1. The first kappa shape index (κ1) is 26.5. The zero-order chi connectivity index (χ0) is 28.5. The number of hydrogen-bond donors (Lipinski definition) is 1. The highest BCUT2D eigenvalue weighted by Crippen LogP contribution is 2.33. The van der Waals surface area contributed by atoms with Crippen LogP contribution >= 0.6 is 15.9 Å². The van der Waals surface area contributed by atoms with Gasteiger partial charge in [0.25, 0.3) is 5.91 Å². The lowest BCUT2D eigenvalue weighted by atomic mass is 10.1. The van der Waals surface area contributed by atoms with Crippen LogP contribution in [0.25, 0.3) is 16.9 Å². The predicted molar refractivity (Wildman–Crippen MR) is 150 cm³/mol. The van der Waals surface area contributed by atoms with E-state index in [1.807, 2.05) is 48.5 Å². The third-order valence-corrected chi connectivity index (χ3v) is 7.63. The summed E-state index contributed by atoms with van der Waals surface area (Å²) in [6.45, 7) is 2.33. The fourth-order valence-corrected chi connectivity index (χ4v) is 5.09. The Bertz CT molecular complexity index is 1720. The Balaban J connectivity index is 1.16. The second-order valence-corrected chi connectivity index (χ2v) is 10.2. The summed E-state index contributed by atoms with van der Waals surface area (Å²) in [5, 5.41) is 20.3. The minimum Gasteiger partial charge on any atom is -0.396 e.